The first kappa shape index (κ1) is 12.2. The minimum Gasteiger partial charge on any atom is -0.381 e. The molecule has 18 heavy (non-hydrogen) atoms. The van der Waals surface area contributed by atoms with E-state index in [0.29, 0.717) is 0 Å². The fourth-order valence-electron chi connectivity index (χ4n) is 3.86. The van der Waals surface area contributed by atoms with E-state index in [1.54, 1.807) is 0 Å². The third-order valence-corrected chi connectivity index (χ3v) is 4.95. The van der Waals surface area contributed by atoms with E-state index in [4.69, 9.17) is 4.74 Å². The largest absolute Gasteiger partial charge is 0.381 e. The maximum atomic E-state index is 11.3. The van der Waals surface area contributed by atoms with E-state index in [2.05, 4.69) is 16.5 Å². The van der Waals surface area contributed by atoms with E-state index in [9.17, 15) is 5.11 Å². The lowest BCUT2D eigenvalue weighted by atomic mass is 9.68. The molecular weight excluding hydrogens is 228 g/mol. The van der Waals surface area contributed by atoms with Crippen molar-refractivity contribution in [1.29, 1.82) is 0 Å². The van der Waals surface area contributed by atoms with E-state index < -0.39 is 5.60 Å². The van der Waals surface area contributed by atoms with Crippen molar-refractivity contribution in [2.75, 3.05) is 13.2 Å². The average Bonchev–Trinajstić information content (AvgIpc) is 2.98. The average molecular weight is 250 g/mol. The van der Waals surface area contributed by atoms with Gasteiger partial charge in [0.25, 0.3) is 0 Å². The van der Waals surface area contributed by atoms with Gasteiger partial charge in [0, 0.05) is 37.6 Å². The van der Waals surface area contributed by atoms with Crippen LogP contribution in [0.5, 0.6) is 0 Å². The van der Waals surface area contributed by atoms with Gasteiger partial charge in [-0.05, 0) is 39.0 Å². The van der Waals surface area contributed by atoms with Crippen molar-refractivity contribution in [2.45, 2.75) is 51.2 Å². The molecule has 1 aromatic heterocycles. The molecule has 4 nitrogen and oxygen atoms in total. The first-order valence-corrected chi connectivity index (χ1v) is 7.04. The standard InChI is InChI=1S/C14H22N2O2/c1-2-16-9-8-15-12(16)14(17)5-3-4-13(14)6-10-18-11-7-13/h8-9,17H,2-7,10-11H2,1H3. The van der Waals surface area contributed by atoms with Crippen LogP contribution in [0.4, 0.5) is 0 Å². The lowest BCUT2D eigenvalue weighted by molar-refractivity contribution is -0.125. The van der Waals surface area contributed by atoms with Crippen LogP contribution in [0, 0.1) is 5.41 Å². The lowest BCUT2D eigenvalue weighted by Crippen LogP contribution is -2.46. The van der Waals surface area contributed by atoms with Crippen LogP contribution in [0.2, 0.25) is 0 Å². The SMILES string of the molecule is CCn1ccnc1C1(O)CCCC12CCOCC2. The van der Waals surface area contributed by atoms with Gasteiger partial charge in [0.2, 0.25) is 0 Å². The van der Waals surface area contributed by atoms with Crippen LogP contribution in [-0.2, 0) is 16.9 Å². The van der Waals surface area contributed by atoms with Gasteiger partial charge in [0.1, 0.15) is 11.4 Å². The highest BCUT2D eigenvalue weighted by Crippen LogP contribution is 2.57. The van der Waals surface area contributed by atoms with Gasteiger partial charge in [-0.1, -0.05) is 0 Å². The summed E-state index contributed by atoms with van der Waals surface area (Å²) in [7, 11) is 0. The van der Waals surface area contributed by atoms with Crippen LogP contribution < -0.4 is 0 Å². The molecule has 4 heteroatoms. The van der Waals surface area contributed by atoms with E-state index in [0.717, 1.165) is 57.7 Å². The number of imidazole rings is 1. The van der Waals surface area contributed by atoms with Gasteiger partial charge >= 0.3 is 0 Å². The van der Waals surface area contributed by atoms with Gasteiger partial charge in [-0.3, -0.25) is 0 Å². The Morgan fingerprint density at radius 1 is 1.33 bits per heavy atom. The maximum absolute atomic E-state index is 11.3. The Morgan fingerprint density at radius 3 is 2.83 bits per heavy atom. The molecule has 0 aromatic carbocycles. The molecule has 1 N–H and O–H groups in total. The van der Waals surface area contributed by atoms with Crippen LogP contribution in [0.3, 0.4) is 0 Å². The highest BCUT2D eigenvalue weighted by molar-refractivity contribution is 5.16. The topological polar surface area (TPSA) is 47.3 Å². The van der Waals surface area contributed by atoms with Crippen molar-refractivity contribution < 1.29 is 9.84 Å². The molecule has 1 aliphatic heterocycles. The quantitative estimate of drug-likeness (QED) is 0.874. The number of hydrogen-bond donors (Lipinski definition) is 1. The van der Waals surface area contributed by atoms with Crippen LogP contribution in [-0.4, -0.2) is 27.9 Å². The van der Waals surface area contributed by atoms with Crippen molar-refractivity contribution in [2.24, 2.45) is 5.41 Å². The summed E-state index contributed by atoms with van der Waals surface area (Å²) in [5.41, 5.74) is -0.764. The Bertz CT molecular complexity index is 423. The van der Waals surface area contributed by atoms with Gasteiger partial charge in [-0.25, -0.2) is 4.98 Å². The fourth-order valence-corrected chi connectivity index (χ4v) is 3.86. The maximum Gasteiger partial charge on any atom is 0.141 e. The zero-order valence-corrected chi connectivity index (χ0v) is 11.1. The molecule has 2 heterocycles. The fraction of sp³-hybridized carbons (Fsp3) is 0.786. The highest BCUT2D eigenvalue weighted by atomic mass is 16.5. The van der Waals surface area contributed by atoms with E-state index in [1.165, 1.54) is 0 Å². The summed E-state index contributed by atoms with van der Waals surface area (Å²) < 4.78 is 7.57. The summed E-state index contributed by atoms with van der Waals surface area (Å²) in [5, 5.41) is 11.3. The molecule has 100 valence electrons. The molecule has 1 spiro atoms. The van der Waals surface area contributed by atoms with Crippen LogP contribution in [0.1, 0.15) is 44.9 Å². The third-order valence-electron chi connectivity index (χ3n) is 4.95. The summed E-state index contributed by atoms with van der Waals surface area (Å²) in [6.07, 6.45) is 8.72. The molecule has 2 aliphatic rings. The van der Waals surface area contributed by atoms with Crippen molar-refractivity contribution in [3.63, 3.8) is 0 Å². The van der Waals surface area contributed by atoms with Crippen molar-refractivity contribution >= 4 is 0 Å². The molecule has 2 fully saturated rings. The molecule has 3 rings (SSSR count). The van der Waals surface area contributed by atoms with Gasteiger partial charge in [0.15, 0.2) is 0 Å². The van der Waals surface area contributed by atoms with Gasteiger partial charge in [0.05, 0.1) is 0 Å². The summed E-state index contributed by atoms with van der Waals surface area (Å²) in [4.78, 5) is 4.46. The Labute approximate surface area is 108 Å². The predicted octanol–water partition coefficient (Wildman–Crippen LogP) is 2.07. The minimum atomic E-state index is -0.754. The lowest BCUT2D eigenvalue weighted by Gasteiger charge is -2.44. The molecule has 1 unspecified atom stereocenters. The summed E-state index contributed by atoms with van der Waals surface area (Å²) in [6, 6.07) is 0. The minimum absolute atomic E-state index is 0.0104. The normalized spacial score (nSPS) is 31.0. The number of rotatable bonds is 2. The predicted molar refractivity (Wildman–Crippen MR) is 68.1 cm³/mol. The van der Waals surface area contributed by atoms with E-state index >= 15 is 0 Å². The zero-order valence-electron chi connectivity index (χ0n) is 11.1. The molecule has 1 aliphatic carbocycles. The Hall–Kier alpha value is -0.870. The third kappa shape index (κ3) is 1.55. The molecular formula is C14H22N2O2. The Morgan fingerprint density at radius 2 is 2.11 bits per heavy atom. The number of hydrogen-bond acceptors (Lipinski definition) is 3. The summed E-state index contributed by atoms with van der Waals surface area (Å²) in [5.74, 6) is 0.865. The van der Waals surface area contributed by atoms with Crippen molar-refractivity contribution in [3.05, 3.63) is 18.2 Å². The molecule has 0 amide bonds. The van der Waals surface area contributed by atoms with Crippen LogP contribution in [0.15, 0.2) is 12.4 Å². The van der Waals surface area contributed by atoms with E-state index in [-0.39, 0.29) is 5.41 Å². The molecule has 0 radical (unpaired) electrons. The van der Waals surface area contributed by atoms with Crippen LogP contribution in [0.25, 0.3) is 0 Å². The van der Waals surface area contributed by atoms with E-state index in [1.807, 2.05) is 12.4 Å². The van der Waals surface area contributed by atoms with Gasteiger partial charge in [-0.15, -0.1) is 0 Å². The highest BCUT2D eigenvalue weighted by Gasteiger charge is 2.57. The smallest absolute Gasteiger partial charge is 0.141 e. The molecule has 1 atom stereocenters. The van der Waals surface area contributed by atoms with Gasteiger partial charge in [-0.2, -0.15) is 0 Å². The second kappa shape index (κ2) is 4.35. The van der Waals surface area contributed by atoms with Crippen molar-refractivity contribution in [1.82, 2.24) is 9.55 Å². The van der Waals surface area contributed by atoms with Crippen LogP contribution >= 0.6 is 0 Å². The first-order chi connectivity index (χ1) is 8.72. The monoisotopic (exact) mass is 250 g/mol. The first-order valence-electron chi connectivity index (χ1n) is 7.04. The number of ether oxygens (including phenoxy) is 1. The number of aliphatic hydroxyl groups is 1. The molecule has 1 saturated heterocycles. The zero-order chi connectivity index (χ0) is 12.6. The number of nitrogens with zero attached hydrogens (tertiary/aromatic N) is 2. The second-order valence-electron chi connectivity index (χ2n) is 5.64. The summed E-state index contributed by atoms with van der Waals surface area (Å²) in [6.45, 7) is 4.51. The second-order valence-corrected chi connectivity index (χ2v) is 5.64. The Balaban J connectivity index is 2.01. The molecule has 0 bridgehead atoms. The number of aromatic nitrogens is 2. The summed E-state index contributed by atoms with van der Waals surface area (Å²) >= 11 is 0. The van der Waals surface area contributed by atoms with Crippen molar-refractivity contribution in [3.8, 4) is 0 Å². The molecule has 1 saturated carbocycles. The molecule has 1 aromatic rings. The number of aryl methyl sites for hydroxylation is 1. The van der Waals surface area contributed by atoms with Gasteiger partial charge < -0.3 is 14.4 Å². The Kier molecular flexibility index (Phi) is 2.94.